The average Bonchev–Trinajstić information content (AvgIpc) is 2.46. The molecule has 0 saturated heterocycles. The third-order valence-corrected chi connectivity index (χ3v) is 3.33. The lowest BCUT2D eigenvalue weighted by Crippen LogP contribution is -2.29. The van der Waals surface area contributed by atoms with E-state index in [0.717, 1.165) is 5.56 Å². The molecule has 0 aromatic heterocycles. The maximum atomic E-state index is 11.9. The van der Waals surface area contributed by atoms with E-state index < -0.39 is 11.8 Å². The Hall–Kier alpha value is -2.24. The van der Waals surface area contributed by atoms with Gasteiger partial charge in [-0.1, -0.05) is 29.3 Å². The quantitative estimate of drug-likeness (QED) is 0.578. The molecule has 0 fully saturated rings. The van der Waals surface area contributed by atoms with Crippen LogP contribution in [-0.2, 0) is 9.59 Å². The number of hydrogen-bond acceptors (Lipinski definition) is 3. The van der Waals surface area contributed by atoms with Gasteiger partial charge in [0, 0.05) is 15.7 Å². The molecular weight excluding hydrogens is 327 g/mol. The van der Waals surface area contributed by atoms with E-state index in [1.54, 1.807) is 25.1 Å². The SMILES string of the molecule is Cc1ccc(Cl)cc1NC(=O)C(=O)Nc1cc(Cl)ccc1O. The Morgan fingerprint density at radius 3 is 2.05 bits per heavy atom. The number of hydrogen-bond donors (Lipinski definition) is 3. The molecule has 0 unspecified atom stereocenters. The largest absolute Gasteiger partial charge is 0.506 e. The Balaban J connectivity index is 2.11. The Labute approximate surface area is 136 Å². The molecule has 3 N–H and O–H groups in total. The summed E-state index contributed by atoms with van der Waals surface area (Å²) >= 11 is 11.6. The molecule has 0 atom stereocenters. The highest BCUT2D eigenvalue weighted by Gasteiger charge is 2.16. The van der Waals surface area contributed by atoms with Gasteiger partial charge in [0.05, 0.1) is 5.69 Å². The molecule has 5 nitrogen and oxygen atoms in total. The van der Waals surface area contributed by atoms with Crippen molar-refractivity contribution in [3.8, 4) is 5.75 Å². The number of benzene rings is 2. The van der Waals surface area contributed by atoms with E-state index in [1.807, 2.05) is 0 Å². The number of phenolic OH excluding ortho intramolecular Hbond substituents is 1. The molecule has 0 aliphatic heterocycles. The van der Waals surface area contributed by atoms with Crippen LogP contribution >= 0.6 is 23.2 Å². The van der Waals surface area contributed by atoms with Crippen LogP contribution in [0.5, 0.6) is 5.75 Å². The zero-order valence-electron chi connectivity index (χ0n) is 11.5. The minimum atomic E-state index is -0.933. The van der Waals surface area contributed by atoms with Gasteiger partial charge in [0.15, 0.2) is 0 Å². The van der Waals surface area contributed by atoms with Crippen molar-refractivity contribution >= 4 is 46.4 Å². The number of amides is 2. The summed E-state index contributed by atoms with van der Waals surface area (Å²) in [5, 5.41) is 15.1. The van der Waals surface area contributed by atoms with Gasteiger partial charge in [0.1, 0.15) is 5.75 Å². The zero-order chi connectivity index (χ0) is 16.3. The van der Waals surface area contributed by atoms with E-state index in [-0.39, 0.29) is 11.4 Å². The number of aromatic hydroxyl groups is 1. The molecule has 7 heteroatoms. The predicted octanol–water partition coefficient (Wildman–Crippen LogP) is 3.58. The van der Waals surface area contributed by atoms with E-state index in [4.69, 9.17) is 23.2 Å². The van der Waals surface area contributed by atoms with Crippen LogP contribution < -0.4 is 10.6 Å². The van der Waals surface area contributed by atoms with Gasteiger partial charge in [-0.15, -0.1) is 0 Å². The van der Waals surface area contributed by atoms with Crippen LogP contribution in [0.1, 0.15) is 5.56 Å². The predicted molar refractivity (Wildman–Crippen MR) is 86.6 cm³/mol. The second-order valence-electron chi connectivity index (χ2n) is 4.53. The van der Waals surface area contributed by atoms with E-state index >= 15 is 0 Å². The minimum Gasteiger partial charge on any atom is -0.506 e. The first-order valence-corrected chi connectivity index (χ1v) is 6.99. The molecule has 22 heavy (non-hydrogen) atoms. The summed E-state index contributed by atoms with van der Waals surface area (Å²) in [7, 11) is 0. The molecule has 0 bridgehead atoms. The number of carbonyl (C=O) groups is 2. The molecule has 0 saturated carbocycles. The summed E-state index contributed by atoms with van der Waals surface area (Å²) in [6.45, 7) is 1.77. The van der Waals surface area contributed by atoms with Gasteiger partial charge < -0.3 is 15.7 Å². The Kier molecular flexibility index (Phi) is 4.90. The van der Waals surface area contributed by atoms with Gasteiger partial charge >= 0.3 is 11.8 Å². The lowest BCUT2D eigenvalue weighted by molar-refractivity contribution is -0.133. The number of anilines is 2. The molecule has 0 heterocycles. The minimum absolute atomic E-state index is 0.0514. The van der Waals surface area contributed by atoms with Crippen molar-refractivity contribution in [2.75, 3.05) is 10.6 Å². The smallest absolute Gasteiger partial charge is 0.314 e. The van der Waals surface area contributed by atoms with E-state index in [9.17, 15) is 14.7 Å². The number of aryl methyl sites for hydroxylation is 1. The van der Waals surface area contributed by atoms with Crippen LogP contribution in [0.4, 0.5) is 11.4 Å². The first kappa shape index (κ1) is 16.1. The van der Waals surface area contributed by atoms with Crippen molar-refractivity contribution in [3.63, 3.8) is 0 Å². The lowest BCUT2D eigenvalue weighted by Gasteiger charge is -2.10. The van der Waals surface area contributed by atoms with Gasteiger partial charge in [0.2, 0.25) is 0 Å². The highest BCUT2D eigenvalue weighted by molar-refractivity contribution is 6.44. The van der Waals surface area contributed by atoms with Crippen LogP contribution in [0.2, 0.25) is 10.0 Å². The van der Waals surface area contributed by atoms with Crippen molar-refractivity contribution < 1.29 is 14.7 Å². The van der Waals surface area contributed by atoms with Gasteiger partial charge in [0.25, 0.3) is 0 Å². The van der Waals surface area contributed by atoms with Crippen LogP contribution in [0.3, 0.4) is 0 Å². The van der Waals surface area contributed by atoms with E-state index in [1.165, 1.54) is 18.2 Å². The summed E-state index contributed by atoms with van der Waals surface area (Å²) in [5.41, 5.74) is 1.24. The first-order valence-electron chi connectivity index (χ1n) is 6.24. The standard InChI is InChI=1S/C15H12Cl2N2O3/c1-8-2-3-9(16)6-11(8)18-14(21)15(22)19-12-7-10(17)4-5-13(12)20/h2-7,20H,1H3,(H,18,21)(H,19,22). The number of nitrogens with one attached hydrogen (secondary N) is 2. The summed E-state index contributed by atoms with van der Waals surface area (Å²) in [6.07, 6.45) is 0. The van der Waals surface area contributed by atoms with Crippen LogP contribution in [0.15, 0.2) is 36.4 Å². The lowest BCUT2D eigenvalue weighted by atomic mass is 10.2. The molecule has 2 amide bonds. The van der Waals surface area contributed by atoms with E-state index in [0.29, 0.717) is 15.7 Å². The highest BCUT2D eigenvalue weighted by Crippen LogP contribution is 2.26. The number of rotatable bonds is 2. The Morgan fingerprint density at radius 2 is 1.41 bits per heavy atom. The molecule has 0 spiro atoms. The molecular formula is C15H12Cl2N2O3. The fraction of sp³-hybridized carbons (Fsp3) is 0.0667. The van der Waals surface area contributed by atoms with Crippen molar-refractivity contribution in [1.82, 2.24) is 0 Å². The molecule has 2 aromatic rings. The van der Waals surface area contributed by atoms with Gasteiger partial charge in [-0.2, -0.15) is 0 Å². The van der Waals surface area contributed by atoms with E-state index in [2.05, 4.69) is 10.6 Å². The second-order valence-corrected chi connectivity index (χ2v) is 5.40. The monoisotopic (exact) mass is 338 g/mol. The number of phenols is 1. The topological polar surface area (TPSA) is 78.4 Å². The van der Waals surface area contributed by atoms with Crippen molar-refractivity contribution in [1.29, 1.82) is 0 Å². The second kappa shape index (κ2) is 6.68. The fourth-order valence-electron chi connectivity index (χ4n) is 1.70. The molecule has 0 aliphatic rings. The molecule has 2 aromatic carbocycles. The summed E-state index contributed by atoms with van der Waals surface area (Å²) < 4.78 is 0. The molecule has 2 rings (SSSR count). The first-order chi connectivity index (χ1) is 10.4. The number of halogens is 2. The van der Waals surface area contributed by atoms with Crippen LogP contribution in [0, 0.1) is 6.92 Å². The summed E-state index contributed by atoms with van der Waals surface area (Å²) in [6, 6.07) is 9.06. The highest BCUT2D eigenvalue weighted by atomic mass is 35.5. The zero-order valence-corrected chi connectivity index (χ0v) is 13.0. The maximum Gasteiger partial charge on any atom is 0.314 e. The number of carbonyl (C=O) groups excluding carboxylic acids is 2. The summed E-state index contributed by atoms with van der Waals surface area (Å²) in [5.74, 6) is -2.01. The Morgan fingerprint density at radius 1 is 0.909 bits per heavy atom. The van der Waals surface area contributed by atoms with Gasteiger partial charge in [-0.25, -0.2) is 0 Å². The average molecular weight is 339 g/mol. The molecule has 0 aliphatic carbocycles. The fourth-order valence-corrected chi connectivity index (χ4v) is 2.04. The van der Waals surface area contributed by atoms with Crippen LogP contribution in [0.25, 0.3) is 0 Å². The van der Waals surface area contributed by atoms with Gasteiger partial charge in [-0.05, 0) is 42.8 Å². The third-order valence-electron chi connectivity index (χ3n) is 2.86. The summed E-state index contributed by atoms with van der Waals surface area (Å²) in [4.78, 5) is 23.8. The van der Waals surface area contributed by atoms with Crippen molar-refractivity contribution in [2.24, 2.45) is 0 Å². The molecule has 0 radical (unpaired) electrons. The third kappa shape index (κ3) is 3.90. The Bertz CT molecular complexity index is 684. The molecule has 114 valence electrons. The van der Waals surface area contributed by atoms with Crippen molar-refractivity contribution in [3.05, 3.63) is 52.0 Å². The normalized spacial score (nSPS) is 10.1. The van der Waals surface area contributed by atoms with Crippen molar-refractivity contribution in [2.45, 2.75) is 6.92 Å². The van der Waals surface area contributed by atoms with Gasteiger partial charge in [-0.3, -0.25) is 9.59 Å². The maximum absolute atomic E-state index is 11.9. The van der Waals surface area contributed by atoms with Crippen LogP contribution in [-0.4, -0.2) is 16.9 Å².